The first kappa shape index (κ1) is 29.0. The van der Waals surface area contributed by atoms with Gasteiger partial charge >= 0.3 is 6.09 Å². The lowest BCUT2D eigenvalue weighted by molar-refractivity contribution is -0.0934. The molecule has 1 aromatic carbocycles. The average molecular weight is 531 g/mol. The smallest absolute Gasteiger partial charge is 0.413 e. The summed E-state index contributed by atoms with van der Waals surface area (Å²) < 4.78 is 30.0. The van der Waals surface area contributed by atoms with Gasteiger partial charge in [-0.2, -0.15) is 5.26 Å². The lowest BCUT2D eigenvalue weighted by atomic mass is 9.78. The molecule has 38 heavy (non-hydrogen) atoms. The number of alkyl halides is 2. The Morgan fingerprint density at radius 1 is 1.26 bits per heavy atom. The van der Waals surface area contributed by atoms with Crippen LogP contribution in [-0.2, 0) is 5.60 Å². The molecular formula is C27H36F2N6O3. The number of nitriles is 1. The largest absolute Gasteiger partial charge is 0.465 e. The number of aromatic nitrogens is 2. The van der Waals surface area contributed by atoms with Crippen molar-refractivity contribution in [2.75, 3.05) is 41.5 Å². The van der Waals surface area contributed by atoms with Gasteiger partial charge in [-0.1, -0.05) is 13.8 Å². The summed E-state index contributed by atoms with van der Waals surface area (Å²) in [6.45, 7) is 7.65. The van der Waals surface area contributed by atoms with Gasteiger partial charge in [-0.15, -0.1) is 0 Å². The van der Waals surface area contributed by atoms with Crippen molar-refractivity contribution in [2.24, 2.45) is 11.8 Å². The van der Waals surface area contributed by atoms with Crippen LogP contribution in [0.25, 0.3) is 0 Å². The Hall–Kier alpha value is -3.52. The lowest BCUT2D eigenvalue weighted by Gasteiger charge is -2.39. The summed E-state index contributed by atoms with van der Waals surface area (Å²) in [6, 6.07) is 7.35. The molecule has 11 heteroatoms. The standard InChI is InChI=1S/C25H30F2N6O3.C2H6/c1-24(2,36)21-11-30-22(12-29-21)33(23(34)35)13-17-6-7-25(26,27)18(8-17)14-32-15-31(3)19-5-4-16(10-28)9-20(19)32;1-2/h4-5,9,11-12,17-18,36H,6-8,13-15H2,1-3H3,(H,34,35);1-2H3/t17-,18+;/m1./s1. The Morgan fingerprint density at radius 3 is 2.55 bits per heavy atom. The zero-order valence-corrected chi connectivity index (χ0v) is 22.5. The fourth-order valence-electron chi connectivity index (χ4n) is 4.97. The number of rotatable bonds is 6. The molecule has 1 fully saturated rings. The Bertz CT molecular complexity index is 1160. The first-order valence-electron chi connectivity index (χ1n) is 12.8. The molecule has 1 amide bonds. The number of fused-ring (bicyclic) bond motifs is 1. The maximum atomic E-state index is 15.0. The van der Waals surface area contributed by atoms with Crippen LogP contribution in [0.5, 0.6) is 0 Å². The number of halogens is 2. The summed E-state index contributed by atoms with van der Waals surface area (Å²) >= 11 is 0. The van der Waals surface area contributed by atoms with Crippen LogP contribution < -0.4 is 14.7 Å². The summed E-state index contributed by atoms with van der Waals surface area (Å²) in [5.74, 6) is -4.05. The SMILES string of the molecule is CC.CN1CN(C[C@@H]2C[C@H](CN(C(=O)O)c3cnc(C(C)(C)O)cn3)CCC2(F)F)c2cc(C#N)ccc21. The minimum absolute atomic E-state index is 0.0214. The molecule has 4 rings (SSSR count). The first-order valence-corrected chi connectivity index (χ1v) is 12.8. The van der Waals surface area contributed by atoms with E-state index in [0.717, 1.165) is 16.3 Å². The Labute approximate surface area is 222 Å². The van der Waals surface area contributed by atoms with E-state index in [0.29, 0.717) is 17.9 Å². The molecule has 2 aromatic rings. The normalized spacial score (nSPS) is 20.2. The van der Waals surface area contributed by atoms with Crippen LogP contribution in [0.3, 0.4) is 0 Å². The van der Waals surface area contributed by atoms with E-state index in [1.165, 1.54) is 12.4 Å². The summed E-state index contributed by atoms with van der Waals surface area (Å²) in [5, 5.41) is 29.1. The molecule has 0 saturated heterocycles. The first-order chi connectivity index (χ1) is 17.9. The van der Waals surface area contributed by atoms with Gasteiger partial charge in [0.15, 0.2) is 5.82 Å². The highest BCUT2D eigenvalue weighted by molar-refractivity contribution is 5.84. The highest BCUT2D eigenvalue weighted by atomic mass is 19.3. The van der Waals surface area contributed by atoms with E-state index in [1.807, 2.05) is 36.8 Å². The fourth-order valence-corrected chi connectivity index (χ4v) is 4.97. The lowest BCUT2D eigenvalue weighted by Crippen LogP contribution is -2.46. The number of carbonyl (C=O) groups is 1. The maximum absolute atomic E-state index is 15.0. The van der Waals surface area contributed by atoms with E-state index in [9.17, 15) is 20.3 Å². The molecule has 1 aromatic heterocycles. The number of carboxylic acid groups (broad SMARTS) is 1. The van der Waals surface area contributed by atoms with Crippen molar-refractivity contribution in [2.45, 2.75) is 58.5 Å². The number of aliphatic hydroxyl groups is 1. The monoisotopic (exact) mass is 530 g/mol. The highest BCUT2D eigenvalue weighted by Crippen LogP contribution is 2.44. The molecule has 206 valence electrons. The molecule has 1 saturated carbocycles. The van der Waals surface area contributed by atoms with Crippen LogP contribution in [0, 0.1) is 23.2 Å². The third-order valence-electron chi connectivity index (χ3n) is 6.99. The number of nitrogens with zero attached hydrogens (tertiary/aromatic N) is 6. The van der Waals surface area contributed by atoms with Gasteiger partial charge in [-0.3, -0.25) is 9.88 Å². The second kappa shape index (κ2) is 11.5. The van der Waals surface area contributed by atoms with Crippen molar-refractivity contribution in [3.63, 3.8) is 0 Å². The number of hydrogen-bond donors (Lipinski definition) is 2. The topological polar surface area (TPSA) is 117 Å². The van der Waals surface area contributed by atoms with Crippen LogP contribution in [0.2, 0.25) is 0 Å². The number of anilines is 3. The van der Waals surface area contributed by atoms with Crippen LogP contribution in [0.15, 0.2) is 30.6 Å². The van der Waals surface area contributed by atoms with E-state index in [2.05, 4.69) is 16.0 Å². The van der Waals surface area contributed by atoms with E-state index in [1.54, 1.807) is 26.0 Å². The van der Waals surface area contributed by atoms with Crippen LogP contribution in [-0.4, -0.2) is 59.0 Å². The molecule has 1 aliphatic carbocycles. The third-order valence-corrected chi connectivity index (χ3v) is 6.99. The number of amides is 1. The van der Waals surface area contributed by atoms with Crippen molar-refractivity contribution in [3.05, 3.63) is 41.9 Å². The Kier molecular flexibility index (Phi) is 8.77. The summed E-state index contributed by atoms with van der Waals surface area (Å²) in [5.41, 5.74) is 1.18. The Balaban J connectivity index is 0.00000195. The van der Waals surface area contributed by atoms with Gasteiger partial charge in [0.25, 0.3) is 5.92 Å². The molecule has 2 atom stereocenters. The minimum Gasteiger partial charge on any atom is -0.465 e. The molecule has 0 unspecified atom stereocenters. The summed E-state index contributed by atoms with van der Waals surface area (Å²) in [4.78, 5) is 25.1. The zero-order valence-electron chi connectivity index (χ0n) is 22.5. The Morgan fingerprint density at radius 2 is 1.97 bits per heavy atom. The molecular weight excluding hydrogens is 494 g/mol. The second-order valence-corrected chi connectivity index (χ2v) is 10.2. The quantitative estimate of drug-likeness (QED) is 0.533. The zero-order chi connectivity index (χ0) is 28.3. The van der Waals surface area contributed by atoms with Crippen molar-refractivity contribution >= 4 is 23.3 Å². The van der Waals surface area contributed by atoms with Crippen LogP contribution in [0.4, 0.5) is 30.8 Å². The van der Waals surface area contributed by atoms with E-state index in [-0.39, 0.29) is 44.1 Å². The van der Waals surface area contributed by atoms with Crippen molar-refractivity contribution in [3.8, 4) is 6.07 Å². The van der Waals surface area contributed by atoms with Gasteiger partial charge in [0.1, 0.15) is 5.60 Å². The van der Waals surface area contributed by atoms with Gasteiger partial charge in [-0.05, 0) is 50.8 Å². The van der Waals surface area contributed by atoms with Crippen LogP contribution >= 0.6 is 0 Å². The van der Waals surface area contributed by atoms with E-state index >= 15 is 8.78 Å². The molecule has 9 nitrogen and oxygen atoms in total. The molecule has 0 spiro atoms. The second-order valence-electron chi connectivity index (χ2n) is 10.2. The molecule has 2 heterocycles. The summed E-state index contributed by atoms with van der Waals surface area (Å²) in [6.07, 6.45) is 1.37. The van der Waals surface area contributed by atoms with Gasteiger partial charge in [-0.25, -0.2) is 18.6 Å². The van der Waals surface area contributed by atoms with E-state index < -0.39 is 23.5 Å². The summed E-state index contributed by atoms with van der Waals surface area (Å²) in [7, 11) is 1.88. The molecule has 2 aliphatic rings. The van der Waals surface area contributed by atoms with Gasteiger partial charge in [0.2, 0.25) is 0 Å². The average Bonchev–Trinajstić information content (AvgIpc) is 3.19. The van der Waals surface area contributed by atoms with Crippen molar-refractivity contribution < 1.29 is 23.8 Å². The van der Waals surface area contributed by atoms with E-state index in [4.69, 9.17) is 0 Å². The number of benzene rings is 1. The van der Waals surface area contributed by atoms with Gasteiger partial charge < -0.3 is 20.0 Å². The highest BCUT2D eigenvalue weighted by Gasteiger charge is 2.46. The van der Waals surface area contributed by atoms with Gasteiger partial charge in [0, 0.05) is 32.5 Å². The van der Waals surface area contributed by atoms with Gasteiger partial charge in [0.05, 0.1) is 47.8 Å². The number of hydrogen-bond acceptors (Lipinski definition) is 7. The molecule has 2 N–H and O–H groups in total. The minimum atomic E-state index is -2.88. The predicted molar refractivity (Wildman–Crippen MR) is 142 cm³/mol. The van der Waals surface area contributed by atoms with Crippen molar-refractivity contribution in [1.82, 2.24) is 9.97 Å². The third kappa shape index (κ3) is 6.30. The maximum Gasteiger partial charge on any atom is 0.413 e. The van der Waals surface area contributed by atoms with Crippen LogP contribution in [0.1, 0.15) is 58.2 Å². The fraction of sp³-hybridized carbons (Fsp3) is 0.556. The molecule has 0 bridgehead atoms. The predicted octanol–water partition coefficient (Wildman–Crippen LogP) is 5.05. The molecule has 1 aliphatic heterocycles. The molecule has 0 radical (unpaired) electrons. The van der Waals surface area contributed by atoms with Crippen molar-refractivity contribution in [1.29, 1.82) is 5.26 Å².